The lowest BCUT2D eigenvalue weighted by atomic mass is 10.2. The van der Waals surface area contributed by atoms with E-state index in [4.69, 9.17) is 9.26 Å². The van der Waals surface area contributed by atoms with E-state index in [-0.39, 0.29) is 17.7 Å². The van der Waals surface area contributed by atoms with Crippen molar-refractivity contribution in [2.24, 2.45) is 0 Å². The third-order valence-corrected chi connectivity index (χ3v) is 4.60. The summed E-state index contributed by atoms with van der Waals surface area (Å²) < 4.78 is 10.6. The maximum Gasteiger partial charge on any atom is 0.410 e. The molecule has 0 bridgehead atoms. The smallest absolute Gasteiger partial charge is 0.410 e. The quantitative estimate of drug-likeness (QED) is 0.819. The van der Waals surface area contributed by atoms with Crippen LogP contribution in [0.3, 0.4) is 0 Å². The van der Waals surface area contributed by atoms with Gasteiger partial charge in [0.25, 0.3) is 5.91 Å². The van der Waals surface area contributed by atoms with Gasteiger partial charge in [0.15, 0.2) is 11.5 Å². The van der Waals surface area contributed by atoms with Crippen LogP contribution < -0.4 is 0 Å². The minimum absolute atomic E-state index is 0.185. The summed E-state index contributed by atoms with van der Waals surface area (Å²) in [6.45, 7) is 7.27. The molecule has 134 valence electrons. The maximum atomic E-state index is 12.6. The van der Waals surface area contributed by atoms with Crippen LogP contribution in [0.15, 0.2) is 28.1 Å². The largest absolute Gasteiger partial charge is 0.444 e. The molecule has 0 aromatic carbocycles. The lowest BCUT2D eigenvalue weighted by Gasteiger charge is -2.35. The Bertz CT molecular complexity index is 740. The summed E-state index contributed by atoms with van der Waals surface area (Å²) in [6, 6.07) is 5.49. The van der Waals surface area contributed by atoms with Crippen LogP contribution in [0.1, 0.15) is 31.3 Å². The number of piperazine rings is 1. The lowest BCUT2D eigenvalue weighted by Crippen LogP contribution is -2.51. The number of thiophene rings is 1. The number of amides is 2. The molecular weight excluding hydrogens is 342 g/mol. The molecule has 1 aliphatic rings. The molecule has 0 N–H and O–H groups in total. The fraction of sp³-hybridized carbons (Fsp3) is 0.471. The summed E-state index contributed by atoms with van der Waals surface area (Å²) in [5, 5.41) is 5.82. The van der Waals surface area contributed by atoms with Crippen molar-refractivity contribution < 1.29 is 18.8 Å². The van der Waals surface area contributed by atoms with E-state index in [1.54, 1.807) is 15.9 Å². The van der Waals surface area contributed by atoms with E-state index in [9.17, 15) is 9.59 Å². The van der Waals surface area contributed by atoms with Gasteiger partial charge in [-0.3, -0.25) is 4.79 Å². The van der Waals surface area contributed by atoms with Crippen LogP contribution in [-0.2, 0) is 4.74 Å². The Morgan fingerprint density at radius 1 is 1.20 bits per heavy atom. The Labute approximate surface area is 150 Å². The summed E-state index contributed by atoms with van der Waals surface area (Å²) in [5.41, 5.74) is -0.239. The van der Waals surface area contributed by atoms with Crippen LogP contribution in [-0.4, -0.2) is 58.7 Å². The first-order valence-electron chi connectivity index (χ1n) is 8.11. The zero-order chi connectivity index (χ0) is 18.0. The van der Waals surface area contributed by atoms with Gasteiger partial charge in [0, 0.05) is 32.2 Å². The molecule has 1 fully saturated rings. The monoisotopic (exact) mass is 363 g/mol. The minimum Gasteiger partial charge on any atom is -0.444 e. The van der Waals surface area contributed by atoms with Gasteiger partial charge < -0.3 is 19.1 Å². The maximum absolute atomic E-state index is 12.6. The molecule has 1 saturated heterocycles. The summed E-state index contributed by atoms with van der Waals surface area (Å²) >= 11 is 1.53. The van der Waals surface area contributed by atoms with E-state index in [1.807, 2.05) is 38.3 Å². The van der Waals surface area contributed by atoms with Gasteiger partial charge in [-0.15, -0.1) is 11.3 Å². The fourth-order valence-corrected chi connectivity index (χ4v) is 3.16. The first kappa shape index (κ1) is 17.5. The van der Waals surface area contributed by atoms with Crippen LogP contribution in [0.4, 0.5) is 4.79 Å². The predicted molar refractivity (Wildman–Crippen MR) is 93.5 cm³/mol. The van der Waals surface area contributed by atoms with Gasteiger partial charge in [0.05, 0.1) is 4.88 Å². The third-order valence-electron chi connectivity index (χ3n) is 3.71. The molecule has 25 heavy (non-hydrogen) atoms. The number of carbonyl (C=O) groups excluding carboxylic acids is 2. The zero-order valence-corrected chi connectivity index (χ0v) is 15.3. The average molecular weight is 363 g/mol. The van der Waals surface area contributed by atoms with Crippen molar-refractivity contribution in [2.45, 2.75) is 26.4 Å². The van der Waals surface area contributed by atoms with Gasteiger partial charge in [-0.05, 0) is 32.2 Å². The molecule has 2 aromatic rings. The number of aromatic nitrogens is 1. The summed E-state index contributed by atoms with van der Waals surface area (Å²) in [4.78, 5) is 28.9. The highest BCUT2D eigenvalue weighted by atomic mass is 32.1. The molecule has 8 heteroatoms. The molecule has 2 amide bonds. The van der Waals surface area contributed by atoms with Crippen LogP contribution in [0.5, 0.6) is 0 Å². The summed E-state index contributed by atoms with van der Waals surface area (Å²) in [5.74, 6) is 0.404. The standard InChI is InChI=1S/C17H21N3O4S/c1-17(2,3)23-16(22)20-8-6-19(7-9-20)15(21)12-11-13(24-18-12)14-5-4-10-25-14/h4-5,10-11H,6-9H2,1-3H3. The highest BCUT2D eigenvalue weighted by Crippen LogP contribution is 2.25. The second-order valence-corrected chi connectivity index (χ2v) is 7.76. The van der Waals surface area contributed by atoms with E-state index in [1.165, 1.54) is 11.3 Å². The fourth-order valence-electron chi connectivity index (χ4n) is 2.49. The average Bonchev–Trinajstić information content (AvgIpc) is 3.23. The normalized spacial score (nSPS) is 15.3. The van der Waals surface area contributed by atoms with E-state index in [0.29, 0.717) is 31.9 Å². The summed E-state index contributed by atoms with van der Waals surface area (Å²) in [6.07, 6.45) is -0.346. The number of hydrogen-bond acceptors (Lipinski definition) is 6. The van der Waals surface area contributed by atoms with Crippen LogP contribution >= 0.6 is 11.3 Å². The Balaban J connectivity index is 1.58. The van der Waals surface area contributed by atoms with Crippen LogP contribution in [0.2, 0.25) is 0 Å². The molecular formula is C17H21N3O4S. The Kier molecular flexibility index (Phi) is 4.80. The van der Waals surface area contributed by atoms with Crippen molar-refractivity contribution in [3.8, 4) is 10.6 Å². The van der Waals surface area contributed by atoms with Crippen molar-refractivity contribution >= 4 is 23.3 Å². The molecule has 3 rings (SSSR count). The molecule has 2 aromatic heterocycles. The highest BCUT2D eigenvalue weighted by molar-refractivity contribution is 7.13. The van der Waals surface area contributed by atoms with Gasteiger partial charge in [-0.1, -0.05) is 11.2 Å². The molecule has 0 unspecified atom stereocenters. The number of hydrogen-bond donors (Lipinski definition) is 0. The van der Waals surface area contributed by atoms with Crippen LogP contribution in [0, 0.1) is 0 Å². The molecule has 1 aliphatic heterocycles. The Morgan fingerprint density at radius 3 is 2.48 bits per heavy atom. The van der Waals surface area contributed by atoms with Crippen LogP contribution in [0.25, 0.3) is 10.6 Å². The predicted octanol–water partition coefficient (Wildman–Crippen LogP) is 3.10. The summed E-state index contributed by atoms with van der Waals surface area (Å²) in [7, 11) is 0. The molecule has 0 radical (unpaired) electrons. The molecule has 0 atom stereocenters. The Morgan fingerprint density at radius 2 is 1.88 bits per heavy atom. The molecule has 0 saturated carbocycles. The van der Waals surface area contributed by atoms with Crippen molar-refractivity contribution in [1.82, 2.24) is 15.0 Å². The van der Waals surface area contributed by atoms with Crippen molar-refractivity contribution in [3.05, 3.63) is 29.3 Å². The third kappa shape index (κ3) is 4.19. The topological polar surface area (TPSA) is 75.9 Å². The van der Waals surface area contributed by atoms with E-state index in [2.05, 4.69) is 5.16 Å². The first-order chi connectivity index (χ1) is 11.8. The van der Waals surface area contributed by atoms with Crippen molar-refractivity contribution in [2.75, 3.05) is 26.2 Å². The van der Waals surface area contributed by atoms with Crippen molar-refractivity contribution in [3.63, 3.8) is 0 Å². The van der Waals surface area contributed by atoms with Crippen molar-refractivity contribution in [1.29, 1.82) is 0 Å². The number of rotatable bonds is 2. The number of nitrogens with zero attached hydrogens (tertiary/aromatic N) is 3. The van der Waals surface area contributed by atoms with E-state index in [0.717, 1.165) is 4.88 Å². The zero-order valence-electron chi connectivity index (χ0n) is 14.5. The molecule has 0 aliphatic carbocycles. The van der Waals surface area contributed by atoms with Gasteiger partial charge in [0.2, 0.25) is 0 Å². The number of carbonyl (C=O) groups is 2. The highest BCUT2D eigenvalue weighted by Gasteiger charge is 2.29. The molecule has 7 nitrogen and oxygen atoms in total. The van der Waals surface area contributed by atoms with E-state index < -0.39 is 5.60 Å². The lowest BCUT2D eigenvalue weighted by molar-refractivity contribution is 0.0139. The Hall–Kier alpha value is -2.35. The molecule has 3 heterocycles. The van der Waals surface area contributed by atoms with Gasteiger partial charge in [-0.25, -0.2) is 4.79 Å². The van der Waals surface area contributed by atoms with E-state index >= 15 is 0 Å². The van der Waals surface area contributed by atoms with Gasteiger partial charge in [0.1, 0.15) is 5.60 Å². The van der Waals surface area contributed by atoms with Gasteiger partial charge in [-0.2, -0.15) is 0 Å². The number of ether oxygens (including phenoxy) is 1. The SMILES string of the molecule is CC(C)(C)OC(=O)N1CCN(C(=O)c2cc(-c3cccs3)on2)CC1. The first-order valence-corrected chi connectivity index (χ1v) is 8.99. The second kappa shape index (κ2) is 6.87. The molecule has 0 spiro atoms. The van der Waals surface area contributed by atoms with Gasteiger partial charge >= 0.3 is 6.09 Å². The second-order valence-electron chi connectivity index (χ2n) is 6.81. The minimum atomic E-state index is -0.525.